The first-order valence-corrected chi connectivity index (χ1v) is 13.8. The van der Waals surface area contributed by atoms with Gasteiger partial charge in [0.05, 0.1) is 11.9 Å². The summed E-state index contributed by atoms with van der Waals surface area (Å²) in [5.41, 5.74) is 0.619. The van der Waals surface area contributed by atoms with Crippen LogP contribution in [0.2, 0.25) is 5.02 Å². The van der Waals surface area contributed by atoms with Gasteiger partial charge in [-0.2, -0.15) is 0 Å². The van der Waals surface area contributed by atoms with Crippen molar-refractivity contribution in [1.29, 1.82) is 0 Å². The molecule has 2 amide bonds. The molecule has 0 bridgehead atoms. The Bertz CT molecular complexity index is 1180. The lowest BCUT2D eigenvalue weighted by molar-refractivity contribution is -0.140. The standard InChI is InChI=1S/C25H32ClF2N3O4S/c1-17(2)15-29-25(33)18(3)30(16-19-8-5-6-9-21(19)26)24(32)10-7-13-31(36(4,34)35)20-11-12-22(27)23(28)14-20/h5-6,8-9,11-12,14,17-18H,7,10,13,15-16H2,1-4H3,(H,29,33)/t18-/m0/s1. The smallest absolute Gasteiger partial charge is 0.242 e. The van der Waals surface area contributed by atoms with E-state index in [9.17, 15) is 26.8 Å². The predicted octanol–water partition coefficient (Wildman–Crippen LogP) is 4.35. The molecule has 0 spiro atoms. The van der Waals surface area contributed by atoms with Crippen LogP contribution in [0.3, 0.4) is 0 Å². The van der Waals surface area contributed by atoms with E-state index in [0.29, 0.717) is 17.1 Å². The summed E-state index contributed by atoms with van der Waals surface area (Å²) in [6.45, 7) is 5.94. The van der Waals surface area contributed by atoms with Gasteiger partial charge in [-0.15, -0.1) is 0 Å². The molecule has 0 aliphatic carbocycles. The zero-order chi connectivity index (χ0) is 27.0. The van der Waals surface area contributed by atoms with Crippen LogP contribution in [0.4, 0.5) is 14.5 Å². The van der Waals surface area contributed by atoms with Crippen molar-refractivity contribution in [2.24, 2.45) is 5.92 Å². The Morgan fingerprint density at radius 1 is 1.06 bits per heavy atom. The summed E-state index contributed by atoms with van der Waals surface area (Å²) in [4.78, 5) is 27.4. The minimum atomic E-state index is -3.83. The van der Waals surface area contributed by atoms with Gasteiger partial charge in [-0.25, -0.2) is 17.2 Å². The van der Waals surface area contributed by atoms with E-state index in [1.54, 1.807) is 31.2 Å². The van der Waals surface area contributed by atoms with Crippen LogP contribution in [0.25, 0.3) is 0 Å². The lowest BCUT2D eigenvalue weighted by atomic mass is 10.1. The Kier molecular flexibility index (Phi) is 10.7. The largest absolute Gasteiger partial charge is 0.354 e. The van der Waals surface area contributed by atoms with E-state index in [1.807, 2.05) is 13.8 Å². The summed E-state index contributed by atoms with van der Waals surface area (Å²) in [6.07, 6.45) is 0.952. The van der Waals surface area contributed by atoms with Crippen molar-refractivity contribution in [3.8, 4) is 0 Å². The minimum Gasteiger partial charge on any atom is -0.354 e. The van der Waals surface area contributed by atoms with E-state index < -0.39 is 27.7 Å². The average molecular weight is 544 g/mol. The molecule has 1 N–H and O–H groups in total. The summed E-state index contributed by atoms with van der Waals surface area (Å²) < 4.78 is 52.5. The number of hydrogen-bond donors (Lipinski definition) is 1. The third kappa shape index (κ3) is 8.44. The zero-order valence-corrected chi connectivity index (χ0v) is 22.4. The molecule has 36 heavy (non-hydrogen) atoms. The average Bonchev–Trinajstić information content (AvgIpc) is 2.80. The van der Waals surface area contributed by atoms with Gasteiger partial charge in [0, 0.05) is 37.1 Å². The van der Waals surface area contributed by atoms with Crippen LogP contribution in [0.15, 0.2) is 42.5 Å². The quantitative estimate of drug-likeness (QED) is 0.431. The van der Waals surface area contributed by atoms with Gasteiger partial charge in [0.1, 0.15) is 6.04 Å². The molecule has 2 rings (SSSR count). The van der Waals surface area contributed by atoms with Gasteiger partial charge in [0.25, 0.3) is 0 Å². The van der Waals surface area contributed by atoms with E-state index in [0.717, 1.165) is 28.8 Å². The predicted molar refractivity (Wildman–Crippen MR) is 137 cm³/mol. The van der Waals surface area contributed by atoms with Crippen LogP contribution in [-0.4, -0.2) is 50.5 Å². The molecule has 0 aliphatic heterocycles. The Balaban J connectivity index is 2.19. The van der Waals surface area contributed by atoms with Crippen molar-refractivity contribution in [2.75, 3.05) is 23.7 Å². The Labute approximate surface area is 216 Å². The highest BCUT2D eigenvalue weighted by Gasteiger charge is 2.27. The number of sulfonamides is 1. The minimum absolute atomic E-state index is 0.0433. The lowest BCUT2D eigenvalue weighted by Crippen LogP contribution is -2.48. The van der Waals surface area contributed by atoms with E-state index in [-0.39, 0.29) is 49.4 Å². The van der Waals surface area contributed by atoms with Crippen molar-refractivity contribution in [3.63, 3.8) is 0 Å². The number of amides is 2. The summed E-state index contributed by atoms with van der Waals surface area (Å²) in [5.74, 6) is -2.73. The van der Waals surface area contributed by atoms with Crippen LogP contribution >= 0.6 is 11.6 Å². The van der Waals surface area contributed by atoms with Gasteiger partial charge in [-0.3, -0.25) is 13.9 Å². The van der Waals surface area contributed by atoms with Crippen LogP contribution < -0.4 is 9.62 Å². The molecular weight excluding hydrogens is 512 g/mol. The molecule has 0 saturated heterocycles. The molecule has 0 saturated carbocycles. The normalized spacial score (nSPS) is 12.3. The number of rotatable bonds is 12. The molecule has 198 valence electrons. The van der Waals surface area contributed by atoms with Crippen molar-refractivity contribution in [2.45, 2.75) is 46.2 Å². The first kappa shape index (κ1) is 29.5. The van der Waals surface area contributed by atoms with Crippen molar-refractivity contribution < 1.29 is 26.8 Å². The zero-order valence-electron chi connectivity index (χ0n) is 20.8. The molecular formula is C25H32ClF2N3O4S. The number of halogens is 3. The van der Waals surface area contributed by atoms with E-state index in [2.05, 4.69) is 5.32 Å². The maximum atomic E-state index is 13.7. The molecule has 0 aromatic heterocycles. The first-order valence-electron chi connectivity index (χ1n) is 11.5. The van der Waals surface area contributed by atoms with Crippen molar-refractivity contribution in [1.82, 2.24) is 10.2 Å². The van der Waals surface area contributed by atoms with Crippen molar-refractivity contribution >= 4 is 39.1 Å². The van der Waals surface area contributed by atoms with Crippen molar-refractivity contribution in [3.05, 3.63) is 64.7 Å². The SMILES string of the molecule is CC(C)CNC(=O)[C@H](C)N(Cc1ccccc1Cl)C(=O)CCCN(c1ccc(F)c(F)c1)S(C)(=O)=O. The second-order valence-corrected chi connectivity index (χ2v) is 11.3. The molecule has 0 radical (unpaired) electrons. The fourth-order valence-electron chi connectivity index (χ4n) is 3.49. The molecule has 0 unspecified atom stereocenters. The topological polar surface area (TPSA) is 86.8 Å². The number of nitrogens with zero attached hydrogens (tertiary/aromatic N) is 2. The fraction of sp³-hybridized carbons (Fsp3) is 0.440. The maximum Gasteiger partial charge on any atom is 0.242 e. The second-order valence-electron chi connectivity index (χ2n) is 8.97. The van der Waals surface area contributed by atoms with Gasteiger partial charge in [0.2, 0.25) is 21.8 Å². The number of anilines is 1. The molecule has 2 aromatic rings. The van der Waals surface area contributed by atoms with Crippen LogP contribution in [-0.2, 0) is 26.2 Å². The molecule has 11 heteroatoms. The van der Waals surface area contributed by atoms with E-state index in [1.165, 1.54) is 4.90 Å². The molecule has 2 aromatic carbocycles. The summed E-state index contributed by atoms with van der Waals surface area (Å²) in [5, 5.41) is 3.27. The first-order chi connectivity index (χ1) is 16.8. The maximum absolute atomic E-state index is 13.7. The number of carbonyl (C=O) groups excluding carboxylic acids is 2. The summed E-state index contributed by atoms with van der Waals surface area (Å²) >= 11 is 6.28. The number of hydrogen-bond acceptors (Lipinski definition) is 4. The van der Waals surface area contributed by atoms with E-state index >= 15 is 0 Å². The number of benzene rings is 2. The summed E-state index contributed by atoms with van der Waals surface area (Å²) in [7, 11) is -3.83. The molecule has 0 heterocycles. The molecule has 0 fully saturated rings. The van der Waals surface area contributed by atoms with Gasteiger partial charge in [-0.1, -0.05) is 43.6 Å². The lowest BCUT2D eigenvalue weighted by Gasteiger charge is -2.30. The Morgan fingerprint density at radius 3 is 2.31 bits per heavy atom. The Hall–Kier alpha value is -2.72. The number of carbonyl (C=O) groups is 2. The fourth-order valence-corrected chi connectivity index (χ4v) is 4.64. The van der Waals surface area contributed by atoms with Crippen LogP contribution in [0, 0.1) is 17.6 Å². The van der Waals surface area contributed by atoms with Gasteiger partial charge in [-0.05, 0) is 43.0 Å². The highest BCUT2D eigenvalue weighted by atomic mass is 35.5. The van der Waals surface area contributed by atoms with Crippen LogP contribution in [0.5, 0.6) is 0 Å². The molecule has 0 aliphatic rings. The third-order valence-corrected chi connectivity index (χ3v) is 7.06. The molecule has 1 atom stereocenters. The van der Waals surface area contributed by atoms with E-state index in [4.69, 9.17) is 11.6 Å². The third-order valence-electron chi connectivity index (χ3n) is 5.49. The van der Waals surface area contributed by atoms with Crippen LogP contribution in [0.1, 0.15) is 39.2 Å². The summed E-state index contributed by atoms with van der Waals surface area (Å²) in [6, 6.07) is 8.98. The highest BCUT2D eigenvalue weighted by molar-refractivity contribution is 7.92. The Morgan fingerprint density at radius 2 is 1.72 bits per heavy atom. The second kappa shape index (κ2) is 13.0. The van der Waals surface area contributed by atoms with Gasteiger partial charge < -0.3 is 10.2 Å². The van der Waals surface area contributed by atoms with Gasteiger partial charge >= 0.3 is 0 Å². The van der Waals surface area contributed by atoms with Gasteiger partial charge in [0.15, 0.2) is 11.6 Å². The monoisotopic (exact) mass is 543 g/mol. The molecule has 7 nitrogen and oxygen atoms in total. The number of nitrogens with one attached hydrogen (secondary N) is 1. The highest BCUT2D eigenvalue weighted by Crippen LogP contribution is 2.22.